The Hall–Kier alpha value is -2.69. The normalized spacial score (nSPS) is 15.8. The summed E-state index contributed by atoms with van der Waals surface area (Å²) in [5, 5.41) is 5.93. The first-order valence-corrected chi connectivity index (χ1v) is 9.69. The molecule has 1 saturated carbocycles. The van der Waals surface area contributed by atoms with Gasteiger partial charge in [-0.3, -0.25) is 14.6 Å². The lowest BCUT2D eigenvalue weighted by molar-refractivity contribution is -0.128. The number of rotatable bonds is 5. The van der Waals surface area contributed by atoms with Crippen molar-refractivity contribution in [2.24, 2.45) is 0 Å². The SMILES string of the molecule is CCNC(=O)C1(NC(=O)c2ccc(-c3ccccc3)nc2C)CCCCC1. The summed E-state index contributed by atoms with van der Waals surface area (Å²) in [6.07, 6.45) is 4.35. The van der Waals surface area contributed by atoms with Crippen molar-refractivity contribution < 1.29 is 9.59 Å². The van der Waals surface area contributed by atoms with Gasteiger partial charge >= 0.3 is 0 Å². The van der Waals surface area contributed by atoms with Crippen LogP contribution >= 0.6 is 0 Å². The second kappa shape index (κ2) is 8.33. The van der Waals surface area contributed by atoms with Crippen LogP contribution in [0.2, 0.25) is 0 Å². The number of hydrogen-bond acceptors (Lipinski definition) is 3. The zero-order valence-corrected chi connectivity index (χ0v) is 16.0. The molecule has 2 aromatic rings. The maximum atomic E-state index is 13.0. The van der Waals surface area contributed by atoms with E-state index in [-0.39, 0.29) is 11.8 Å². The highest BCUT2D eigenvalue weighted by Gasteiger charge is 2.40. The largest absolute Gasteiger partial charge is 0.354 e. The first-order chi connectivity index (χ1) is 13.1. The zero-order valence-electron chi connectivity index (χ0n) is 16.0. The number of nitrogens with one attached hydrogen (secondary N) is 2. The Morgan fingerprint density at radius 3 is 2.37 bits per heavy atom. The van der Waals surface area contributed by atoms with Crippen LogP contribution in [0, 0.1) is 6.92 Å². The van der Waals surface area contributed by atoms with Gasteiger partial charge in [0.05, 0.1) is 17.0 Å². The molecular weight excluding hydrogens is 338 g/mol. The Labute approximate surface area is 160 Å². The summed E-state index contributed by atoms with van der Waals surface area (Å²) < 4.78 is 0. The Morgan fingerprint density at radius 1 is 1.04 bits per heavy atom. The van der Waals surface area contributed by atoms with Gasteiger partial charge in [-0.1, -0.05) is 49.6 Å². The van der Waals surface area contributed by atoms with Crippen molar-refractivity contribution in [3.05, 3.63) is 53.7 Å². The standard InChI is InChI=1S/C22H27N3O2/c1-3-23-21(27)22(14-8-5-9-15-22)25-20(26)18-12-13-19(24-16(18)2)17-10-6-4-7-11-17/h4,6-7,10-13H,3,5,8-9,14-15H2,1-2H3,(H,23,27)(H,25,26). The molecule has 0 bridgehead atoms. The van der Waals surface area contributed by atoms with Crippen LogP contribution < -0.4 is 10.6 Å². The number of benzene rings is 1. The van der Waals surface area contributed by atoms with Crippen LogP contribution in [-0.4, -0.2) is 28.9 Å². The number of nitrogens with zero attached hydrogens (tertiary/aromatic N) is 1. The summed E-state index contributed by atoms with van der Waals surface area (Å²) in [6.45, 7) is 4.29. The molecule has 2 N–H and O–H groups in total. The minimum atomic E-state index is -0.810. The highest BCUT2D eigenvalue weighted by molar-refractivity contribution is 6.00. The smallest absolute Gasteiger partial charge is 0.253 e. The molecule has 1 aliphatic carbocycles. The van der Waals surface area contributed by atoms with Crippen LogP contribution in [0.3, 0.4) is 0 Å². The molecule has 142 valence electrons. The maximum absolute atomic E-state index is 13.0. The maximum Gasteiger partial charge on any atom is 0.253 e. The van der Waals surface area contributed by atoms with Crippen LogP contribution in [-0.2, 0) is 4.79 Å². The van der Waals surface area contributed by atoms with Crippen molar-refractivity contribution in [3.8, 4) is 11.3 Å². The number of aromatic nitrogens is 1. The van der Waals surface area contributed by atoms with Crippen molar-refractivity contribution in [2.75, 3.05) is 6.54 Å². The molecule has 1 heterocycles. The Balaban J connectivity index is 1.83. The van der Waals surface area contributed by atoms with Crippen LogP contribution in [0.1, 0.15) is 55.1 Å². The molecule has 0 unspecified atom stereocenters. The highest BCUT2D eigenvalue weighted by Crippen LogP contribution is 2.29. The molecule has 0 saturated heterocycles. The number of carbonyl (C=O) groups is 2. The van der Waals surface area contributed by atoms with Crippen molar-refractivity contribution in [1.29, 1.82) is 0 Å². The van der Waals surface area contributed by atoms with Crippen molar-refractivity contribution in [3.63, 3.8) is 0 Å². The van der Waals surface area contributed by atoms with Gasteiger partial charge in [0.2, 0.25) is 5.91 Å². The number of hydrogen-bond donors (Lipinski definition) is 2. The average molecular weight is 365 g/mol. The van der Waals surface area contributed by atoms with Gasteiger partial charge in [-0.25, -0.2) is 0 Å². The predicted molar refractivity (Wildman–Crippen MR) is 106 cm³/mol. The fourth-order valence-electron chi connectivity index (χ4n) is 3.75. The van der Waals surface area contributed by atoms with E-state index in [1.807, 2.05) is 50.2 Å². The van der Waals surface area contributed by atoms with Gasteiger partial charge in [0.15, 0.2) is 0 Å². The molecule has 2 amide bonds. The minimum Gasteiger partial charge on any atom is -0.354 e. The van der Waals surface area contributed by atoms with E-state index in [9.17, 15) is 9.59 Å². The lowest BCUT2D eigenvalue weighted by atomic mass is 9.80. The van der Waals surface area contributed by atoms with E-state index in [1.54, 1.807) is 6.07 Å². The summed E-state index contributed by atoms with van der Waals surface area (Å²) >= 11 is 0. The van der Waals surface area contributed by atoms with E-state index >= 15 is 0 Å². The number of amides is 2. The Kier molecular flexibility index (Phi) is 5.89. The zero-order chi connectivity index (χ0) is 19.3. The van der Waals surface area contributed by atoms with E-state index < -0.39 is 5.54 Å². The van der Waals surface area contributed by atoms with Gasteiger partial charge in [-0.2, -0.15) is 0 Å². The molecule has 5 heteroatoms. The average Bonchev–Trinajstić information content (AvgIpc) is 2.69. The van der Waals surface area contributed by atoms with Gasteiger partial charge in [0.1, 0.15) is 5.54 Å². The quantitative estimate of drug-likeness (QED) is 0.850. The molecule has 0 aliphatic heterocycles. The second-order valence-electron chi connectivity index (χ2n) is 7.15. The summed E-state index contributed by atoms with van der Waals surface area (Å²) in [6, 6.07) is 13.5. The molecule has 0 atom stereocenters. The number of carbonyl (C=O) groups excluding carboxylic acids is 2. The first-order valence-electron chi connectivity index (χ1n) is 9.69. The van der Waals surface area contributed by atoms with Crippen molar-refractivity contribution in [1.82, 2.24) is 15.6 Å². The van der Waals surface area contributed by atoms with Crippen LogP contribution in [0.15, 0.2) is 42.5 Å². The fourth-order valence-corrected chi connectivity index (χ4v) is 3.75. The molecule has 1 aromatic carbocycles. The summed E-state index contributed by atoms with van der Waals surface area (Å²) in [7, 11) is 0. The molecular formula is C22H27N3O2. The Bertz CT molecular complexity index is 812. The molecule has 27 heavy (non-hydrogen) atoms. The number of pyridine rings is 1. The lowest BCUT2D eigenvalue weighted by Gasteiger charge is -2.36. The lowest BCUT2D eigenvalue weighted by Crippen LogP contribution is -2.59. The molecule has 5 nitrogen and oxygen atoms in total. The van der Waals surface area contributed by atoms with Crippen LogP contribution in [0.5, 0.6) is 0 Å². The topological polar surface area (TPSA) is 71.1 Å². The fraction of sp³-hybridized carbons (Fsp3) is 0.409. The monoisotopic (exact) mass is 365 g/mol. The molecule has 1 aliphatic rings. The van der Waals surface area contributed by atoms with E-state index in [4.69, 9.17) is 0 Å². The van der Waals surface area contributed by atoms with E-state index in [0.717, 1.165) is 30.5 Å². The van der Waals surface area contributed by atoms with E-state index in [2.05, 4.69) is 15.6 Å². The van der Waals surface area contributed by atoms with Gasteiger partial charge in [-0.05, 0) is 38.8 Å². The third-order valence-electron chi connectivity index (χ3n) is 5.23. The predicted octanol–water partition coefficient (Wildman–Crippen LogP) is 3.63. The summed E-state index contributed by atoms with van der Waals surface area (Å²) in [4.78, 5) is 30.2. The first kappa shape index (κ1) is 19.1. The number of aryl methyl sites for hydroxylation is 1. The summed E-state index contributed by atoms with van der Waals surface area (Å²) in [5.41, 5.74) is 2.22. The summed E-state index contributed by atoms with van der Waals surface area (Å²) in [5.74, 6) is -0.308. The van der Waals surface area contributed by atoms with Gasteiger partial charge in [0.25, 0.3) is 5.91 Å². The van der Waals surface area contributed by atoms with Gasteiger partial charge in [-0.15, -0.1) is 0 Å². The van der Waals surface area contributed by atoms with Crippen LogP contribution in [0.25, 0.3) is 11.3 Å². The molecule has 1 fully saturated rings. The van der Waals surface area contributed by atoms with Gasteiger partial charge < -0.3 is 10.6 Å². The third kappa shape index (κ3) is 4.18. The third-order valence-corrected chi connectivity index (χ3v) is 5.23. The molecule has 0 spiro atoms. The van der Waals surface area contributed by atoms with Crippen LogP contribution in [0.4, 0.5) is 0 Å². The number of likely N-dealkylation sites (N-methyl/N-ethyl adjacent to an activating group) is 1. The van der Waals surface area contributed by atoms with Crippen molar-refractivity contribution in [2.45, 2.75) is 51.5 Å². The molecule has 0 radical (unpaired) electrons. The highest BCUT2D eigenvalue weighted by atomic mass is 16.2. The molecule has 1 aromatic heterocycles. The Morgan fingerprint density at radius 2 is 1.74 bits per heavy atom. The van der Waals surface area contributed by atoms with E-state index in [1.165, 1.54) is 0 Å². The minimum absolute atomic E-state index is 0.0791. The van der Waals surface area contributed by atoms with Crippen molar-refractivity contribution >= 4 is 11.8 Å². The van der Waals surface area contributed by atoms with E-state index in [0.29, 0.717) is 30.6 Å². The second-order valence-corrected chi connectivity index (χ2v) is 7.15. The van der Waals surface area contributed by atoms with Gasteiger partial charge in [0, 0.05) is 12.1 Å². The molecule has 3 rings (SSSR count).